The first kappa shape index (κ1) is 34.8. The maximum atomic E-state index is 13.7. The van der Waals surface area contributed by atoms with E-state index < -0.39 is 68.9 Å². The topological polar surface area (TPSA) is 175 Å². The molecule has 2 rings (SSSR count). The molecular weight excluding hydrogens is 560 g/mol. The molecule has 5 atom stereocenters. The number of amides is 3. The Balaban J connectivity index is 2.41. The van der Waals surface area contributed by atoms with Crippen LogP contribution < -0.4 is 16.0 Å². The molecule has 42 heavy (non-hydrogen) atoms. The van der Waals surface area contributed by atoms with Gasteiger partial charge in [0.1, 0.15) is 18.2 Å². The van der Waals surface area contributed by atoms with Crippen LogP contribution in [0.25, 0.3) is 0 Å². The van der Waals surface area contributed by atoms with Crippen molar-refractivity contribution in [1.29, 1.82) is 0 Å². The Morgan fingerprint density at radius 3 is 2.10 bits per heavy atom. The average molecular weight is 605 g/mol. The molecule has 0 saturated heterocycles. The van der Waals surface area contributed by atoms with Crippen molar-refractivity contribution >= 4 is 27.6 Å². The third kappa shape index (κ3) is 10.8. The number of sulfone groups is 1. The Morgan fingerprint density at radius 1 is 0.905 bits per heavy atom. The van der Waals surface area contributed by atoms with Crippen LogP contribution in [0, 0.1) is 0 Å². The Hall–Kier alpha value is -3.35. The normalized spacial score (nSPS) is 15.2. The van der Waals surface area contributed by atoms with Gasteiger partial charge in [0.2, 0.25) is 11.8 Å². The first-order valence-corrected chi connectivity index (χ1v) is 16.0. The maximum Gasteiger partial charge on any atom is 0.253 e. The molecule has 0 radical (unpaired) electrons. The van der Waals surface area contributed by atoms with Gasteiger partial charge in [0.25, 0.3) is 5.91 Å². The van der Waals surface area contributed by atoms with E-state index in [-0.39, 0.29) is 12.0 Å². The molecule has 1 heterocycles. The van der Waals surface area contributed by atoms with Crippen LogP contribution in [0.2, 0.25) is 0 Å². The third-order valence-corrected chi connectivity index (χ3v) is 9.29. The number of nitrogens with one attached hydrogen (secondary N) is 3. The van der Waals surface area contributed by atoms with Gasteiger partial charge < -0.3 is 26.2 Å². The van der Waals surface area contributed by atoms with Crippen molar-refractivity contribution < 1.29 is 33.0 Å². The number of carbonyl (C=O) groups is 3. The van der Waals surface area contributed by atoms with Crippen LogP contribution in [0.3, 0.4) is 0 Å². The Kier molecular flexibility index (Phi) is 14.1. The molecule has 0 aliphatic carbocycles. The fraction of sp³-hybridized carbons (Fsp3) is 0.533. The van der Waals surface area contributed by atoms with Gasteiger partial charge >= 0.3 is 0 Å². The molecule has 0 aliphatic rings. The van der Waals surface area contributed by atoms with Gasteiger partial charge in [0.05, 0.1) is 28.6 Å². The molecule has 232 valence electrons. The molecule has 5 N–H and O–H groups in total. The smallest absolute Gasteiger partial charge is 0.253 e. The number of carbonyl (C=O) groups excluding carboxylic acids is 3. The molecule has 1 aromatic carbocycles. The van der Waals surface area contributed by atoms with E-state index in [4.69, 9.17) is 0 Å². The number of benzene rings is 1. The molecule has 5 unspecified atom stereocenters. The van der Waals surface area contributed by atoms with Crippen molar-refractivity contribution in [2.24, 2.45) is 0 Å². The van der Waals surface area contributed by atoms with E-state index in [1.165, 1.54) is 32.3 Å². The van der Waals surface area contributed by atoms with E-state index in [0.717, 1.165) is 5.56 Å². The van der Waals surface area contributed by atoms with Crippen molar-refractivity contribution in [3.63, 3.8) is 0 Å². The lowest BCUT2D eigenvalue weighted by Crippen LogP contribution is -2.59. The molecule has 2 aromatic rings. The quantitative estimate of drug-likeness (QED) is 0.181. The summed E-state index contributed by atoms with van der Waals surface area (Å²) in [6.07, 6.45) is 1.97. The highest BCUT2D eigenvalue weighted by molar-refractivity contribution is 7.92. The number of nitrogens with zero attached hydrogens (tertiary/aromatic N) is 1. The maximum absolute atomic E-state index is 13.7. The van der Waals surface area contributed by atoms with Crippen molar-refractivity contribution in [3.05, 3.63) is 66.0 Å². The molecule has 0 saturated carbocycles. The van der Waals surface area contributed by atoms with Gasteiger partial charge in [-0.25, -0.2) is 8.42 Å². The van der Waals surface area contributed by atoms with Crippen LogP contribution in [-0.2, 0) is 25.8 Å². The number of rotatable bonds is 17. The minimum atomic E-state index is -3.83. The number of hydrogen-bond donors (Lipinski definition) is 5. The highest BCUT2D eigenvalue weighted by Gasteiger charge is 2.36. The van der Waals surface area contributed by atoms with Crippen LogP contribution in [-0.4, -0.2) is 82.7 Å². The Morgan fingerprint density at radius 2 is 1.55 bits per heavy atom. The third-order valence-electron chi connectivity index (χ3n) is 7.01. The van der Waals surface area contributed by atoms with Crippen molar-refractivity contribution in [3.8, 4) is 0 Å². The zero-order chi connectivity index (χ0) is 31.3. The first-order valence-electron chi connectivity index (χ1n) is 14.3. The van der Waals surface area contributed by atoms with Crippen LogP contribution in [0.5, 0.6) is 0 Å². The minimum absolute atomic E-state index is 0.0852. The summed E-state index contributed by atoms with van der Waals surface area (Å²) in [6.45, 7) is 6.56. The lowest BCUT2D eigenvalue weighted by atomic mass is 9.94. The second-order valence-corrected chi connectivity index (χ2v) is 12.9. The predicted molar refractivity (Wildman–Crippen MR) is 160 cm³/mol. The van der Waals surface area contributed by atoms with Gasteiger partial charge in [-0.15, -0.1) is 0 Å². The molecule has 0 bridgehead atoms. The lowest BCUT2D eigenvalue weighted by molar-refractivity contribution is -0.126. The highest BCUT2D eigenvalue weighted by atomic mass is 32.2. The second kappa shape index (κ2) is 16.9. The molecule has 12 heteroatoms. The standard InChI is InChI=1S/C30H44N4O7S/c1-5-11-24(12-6-2)42(40,41)19-26(34-29(38)23-15-10-16-31-18-23)30(39)33-25(17-22-13-8-7-9-14-22)28(37)27(36)20(3)32-21(4)35/h7-10,13-16,18,20,24-28,36-37H,5-6,11-12,17,19H2,1-4H3,(H,32,35)(H,33,39)(H,34,38). The summed E-state index contributed by atoms with van der Waals surface area (Å²) in [5, 5.41) is 29.0. The van der Waals surface area contributed by atoms with Gasteiger partial charge in [-0.2, -0.15) is 0 Å². The first-order chi connectivity index (χ1) is 19.9. The largest absolute Gasteiger partial charge is 0.388 e. The zero-order valence-electron chi connectivity index (χ0n) is 24.7. The van der Waals surface area contributed by atoms with Crippen LogP contribution in [0.4, 0.5) is 0 Å². The van der Waals surface area contributed by atoms with Gasteiger partial charge in [0, 0.05) is 19.3 Å². The zero-order valence-corrected chi connectivity index (χ0v) is 25.5. The van der Waals surface area contributed by atoms with Crippen LogP contribution >= 0.6 is 0 Å². The van der Waals surface area contributed by atoms with E-state index in [2.05, 4.69) is 20.9 Å². The second-order valence-electron chi connectivity index (χ2n) is 10.6. The summed E-state index contributed by atoms with van der Waals surface area (Å²) < 4.78 is 27.0. The molecule has 3 amide bonds. The minimum Gasteiger partial charge on any atom is -0.388 e. The Labute approximate surface area is 248 Å². The summed E-state index contributed by atoms with van der Waals surface area (Å²) in [4.78, 5) is 42.2. The number of pyridine rings is 1. The van der Waals surface area contributed by atoms with Crippen molar-refractivity contribution in [2.75, 3.05) is 5.75 Å². The summed E-state index contributed by atoms with van der Waals surface area (Å²) >= 11 is 0. The monoisotopic (exact) mass is 604 g/mol. The van der Waals surface area contributed by atoms with E-state index in [9.17, 15) is 33.0 Å². The molecule has 0 fully saturated rings. The van der Waals surface area contributed by atoms with E-state index >= 15 is 0 Å². The van der Waals surface area contributed by atoms with Gasteiger partial charge in [-0.1, -0.05) is 57.0 Å². The number of hydrogen-bond acceptors (Lipinski definition) is 8. The van der Waals surface area contributed by atoms with E-state index in [1.54, 1.807) is 36.4 Å². The fourth-order valence-corrected chi connectivity index (χ4v) is 6.95. The van der Waals surface area contributed by atoms with Crippen LogP contribution in [0.15, 0.2) is 54.9 Å². The molecule has 11 nitrogen and oxygen atoms in total. The summed E-state index contributed by atoms with van der Waals surface area (Å²) in [7, 11) is -3.83. The SMILES string of the molecule is CCCC(CCC)S(=O)(=O)CC(NC(=O)c1cccnc1)C(=O)NC(Cc1ccccc1)C(O)C(O)C(C)NC(C)=O. The summed E-state index contributed by atoms with van der Waals surface area (Å²) in [5.41, 5.74) is 0.877. The molecule has 0 aliphatic heterocycles. The predicted octanol–water partition coefficient (Wildman–Crippen LogP) is 1.54. The van der Waals surface area contributed by atoms with Crippen molar-refractivity contribution in [1.82, 2.24) is 20.9 Å². The molecule has 1 aromatic heterocycles. The van der Waals surface area contributed by atoms with Crippen LogP contribution in [0.1, 0.15) is 69.3 Å². The van der Waals surface area contributed by atoms with E-state index in [0.29, 0.717) is 25.7 Å². The average Bonchev–Trinajstić information content (AvgIpc) is 2.96. The summed E-state index contributed by atoms with van der Waals surface area (Å²) in [6, 6.07) is 8.53. The molecular formula is C30H44N4O7S. The fourth-order valence-electron chi connectivity index (χ4n) is 4.79. The van der Waals surface area contributed by atoms with Gasteiger partial charge in [-0.3, -0.25) is 19.4 Å². The number of aliphatic hydroxyl groups excluding tert-OH is 2. The lowest BCUT2D eigenvalue weighted by Gasteiger charge is -2.32. The van der Waals surface area contributed by atoms with Gasteiger partial charge in [0.15, 0.2) is 9.84 Å². The number of aliphatic hydroxyl groups is 2. The van der Waals surface area contributed by atoms with Gasteiger partial charge in [-0.05, 0) is 43.9 Å². The van der Waals surface area contributed by atoms with Crippen molar-refractivity contribution in [2.45, 2.75) is 95.4 Å². The summed E-state index contributed by atoms with van der Waals surface area (Å²) in [5.74, 6) is -2.56. The number of aromatic nitrogens is 1. The molecule has 0 spiro atoms. The Bertz CT molecular complexity index is 1240. The van der Waals surface area contributed by atoms with E-state index in [1.807, 2.05) is 13.8 Å². The highest BCUT2D eigenvalue weighted by Crippen LogP contribution is 2.18.